The van der Waals surface area contributed by atoms with Crippen LogP contribution in [0.25, 0.3) is 0 Å². The number of methoxy groups -OCH3 is 1. The van der Waals surface area contributed by atoms with Gasteiger partial charge in [0.15, 0.2) is 0 Å². The number of carbonyl (C=O) groups is 1. The SMILES string of the molecule is COCCNC(=O)C(C)N1CC(CN)C1. The molecule has 0 aromatic rings. The molecule has 1 atom stereocenters. The number of nitrogens with zero attached hydrogens (tertiary/aromatic N) is 1. The largest absolute Gasteiger partial charge is 0.383 e. The number of carbonyl (C=O) groups excluding carboxylic acids is 1. The molecule has 15 heavy (non-hydrogen) atoms. The second-order valence-electron chi connectivity index (χ2n) is 4.02. The summed E-state index contributed by atoms with van der Waals surface area (Å²) in [6.07, 6.45) is 0. The monoisotopic (exact) mass is 215 g/mol. The lowest BCUT2D eigenvalue weighted by molar-refractivity contribution is -0.128. The molecule has 1 rings (SSSR count). The Morgan fingerprint density at radius 1 is 1.67 bits per heavy atom. The predicted octanol–water partition coefficient (Wildman–Crippen LogP) is -0.972. The summed E-state index contributed by atoms with van der Waals surface area (Å²) in [5.41, 5.74) is 5.53. The maximum absolute atomic E-state index is 11.6. The van der Waals surface area contributed by atoms with Gasteiger partial charge in [0.25, 0.3) is 0 Å². The minimum atomic E-state index is -0.0512. The molecule has 0 radical (unpaired) electrons. The van der Waals surface area contributed by atoms with Crippen LogP contribution in [0.3, 0.4) is 0 Å². The highest BCUT2D eigenvalue weighted by atomic mass is 16.5. The molecule has 1 aliphatic rings. The molecule has 1 saturated heterocycles. The molecule has 1 heterocycles. The van der Waals surface area contributed by atoms with Gasteiger partial charge >= 0.3 is 0 Å². The highest BCUT2D eigenvalue weighted by Gasteiger charge is 2.32. The number of likely N-dealkylation sites (tertiary alicyclic amines) is 1. The summed E-state index contributed by atoms with van der Waals surface area (Å²) in [6.45, 7) is 5.66. The maximum Gasteiger partial charge on any atom is 0.237 e. The van der Waals surface area contributed by atoms with Gasteiger partial charge in [0, 0.05) is 26.7 Å². The summed E-state index contributed by atoms with van der Waals surface area (Å²) in [5, 5.41) is 2.83. The zero-order chi connectivity index (χ0) is 11.3. The van der Waals surface area contributed by atoms with Gasteiger partial charge in [0.2, 0.25) is 5.91 Å². The van der Waals surface area contributed by atoms with Crippen molar-refractivity contribution < 1.29 is 9.53 Å². The molecule has 0 aromatic carbocycles. The van der Waals surface area contributed by atoms with Gasteiger partial charge in [-0.1, -0.05) is 0 Å². The third kappa shape index (κ3) is 3.44. The van der Waals surface area contributed by atoms with Crippen LogP contribution in [0.1, 0.15) is 6.92 Å². The Hall–Kier alpha value is -0.650. The van der Waals surface area contributed by atoms with Gasteiger partial charge in [-0.2, -0.15) is 0 Å². The fourth-order valence-electron chi connectivity index (χ4n) is 1.66. The van der Waals surface area contributed by atoms with Crippen LogP contribution in [0, 0.1) is 5.92 Å². The van der Waals surface area contributed by atoms with E-state index >= 15 is 0 Å². The second kappa shape index (κ2) is 6.05. The van der Waals surface area contributed by atoms with E-state index in [1.54, 1.807) is 7.11 Å². The Morgan fingerprint density at radius 2 is 2.33 bits per heavy atom. The van der Waals surface area contributed by atoms with E-state index < -0.39 is 0 Å². The van der Waals surface area contributed by atoms with Crippen molar-refractivity contribution in [2.45, 2.75) is 13.0 Å². The molecule has 5 nitrogen and oxygen atoms in total. The standard InChI is InChI=1S/C10H21N3O2/c1-8(10(14)12-3-4-15-2)13-6-9(5-11)7-13/h8-9H,3-7,11H2,1-2H3,(H,12,14). The Morgan fingerprint density at radius 3 is 2.87 bits per heavy atom. The van der Waals surface area contributed by atoms with Gasteiger partial charge in [0.05, 0.1) is 12.6 Å². The van der Waals surface area contributed by atoms with Crippen LogP contribution < -0.4 is 11.1 Å². The average Bonchev–Trinajstić information content (AvgIpc) is 2.16. The van der Waals surface area contributed by atoms with E-state index in [1.165, 1.54) is 0 Å². The van der Waals surface area contributed by atoms with E-state index in [1.807, 2.05) is 6.92 Å². The van der Waals surface area contributed by atoms with Gasteiger partial charge < -0.3 is 15.8 Å². The average molecular weight is 215 g/mol. The highest BCUT2D eigenvalue weighted by Crippen LogP contribution is 2.17. The number of ether oxygens (including phenoxy) is 1. The molecule has 5 heteroatoms. The minimum Gasteiger partial charge on any atom is -0.383 e. The van der Waals surface area contributed by atoms with E-state index in [0.717, 1.165) is 13.1 Å². The molecule has 0 spiro atoms. The van der Waals surface area contributed by atoms with Crippen molar-refractivity contribution in [3.8, 4) is 0 Å². The van der Waals surface area contributed by atoms with Crippen molar-refractivity contribution in [2.24, 2.45) is 11.7 Å². The van der Waals surface area contributed by atoms with Gasteiger partial charge in [0.1, 0.15) is 0 Å². The minimum absolute atomic E-state index is 0.0512. The molecule has 0 aromatic heterocycles. The predicted molar refractivity (Wildman–Crippen MR) is 58.5 cm³/mol. The number of rotatable bonds is 6. The van der Waals surface area contributed by atoms with Crippen LogP contribution in [-0.4, -0.2) is 56.7 Å². The molecule has 0 bridgehead atoms. The van der Waals surface area contributed by atoms with Crippen molar-refractivity contribution in [3.63, 3.8) is 0 Å². The lowest BCUT2D eigenvalue weighted by atomic mass is 9.98. The Labute approximate surface area is 90.9 Å². The van der Waals surface area contributed by atoms with Crippen LogP contribution in [0.5, 0.6) is 0 Å². The number of hydrogen-bond donors (Lipinski definition) is 2. The summed E-state index contributed by atoms with van der Waals surface area (Å²) in [5.74, 6) is 0.641. The van der Waals surface area contributed by atoms with Gasteiger partial charge in [-0.15, -0.1) is 0 Å². The van der Waals surface area contributed by atoms with Gasteiger partial charge in [-0.3, -0.25) is 9.69 Å². The van der Waals surface area contributed by atoms with Gasteiger partial charge in [-0.05, 0) is 19.4 Å². The zero-order valence-electron chi connectivity index (χ0n) is 9.53. The molecule has 88 valence electrons. The van der Waals surface area contributed by atoms with Crippen molar-refractivity contribution >= 4 is 5.91 Å². The van der Waals surface area contributed by atoms with Crippen LogP contribution in [0.15, 0.2) is 0 Å². The first-order chi connectivity index (χ1) is 7.19. The molecular formula is C10H21N3O2. The Bertz CT molecular complexity index is 205. The van der Waals surface area contributed by atoms with Crippen molar-refractivity contribution in [3.05, 3.63) is 0 Å². The summed E-state index contributed by atoms with van der Waals surface area (Å²) < 4.78 is 4.86. The lowest BCUT2D eigenvalue weighted by Gasteiger charge is -2.41. The highest BCUT2D eigenvalue weighted by molar-refractivity contribution is 5.81. The molecule has 1 fully saturated rings. The fraction of sp³-hybridized carbons (Fsp3) is 0.900. The number of hydrogen-bond acceptors (Lipinski definition) is 4. The molecule has 1 aliphatic heterocycles. The molecule has 1 amide bonds. The normalized spacial score (nSPS) is 19.7. The van der Waals surface area contributed by atoms with E-state index in [9.17, 15) is 4.79 Å². The van der Waals surface area contributed by atoms with E-state index in [2.05, 4.69) is 10.2 Å². The third-order valence-electron chi connectivity index (χ3n) is 2.85. The van der Waals surface area contributed by atoms with Crippen LogP contribution in [0.4, 0.5) is 0 Å². The first-order valence-corrected chi connectivity index (χ1v) is 5.39. The van der Waals surface area contributed by atoms with Crippen molar-refractivity contribution in [1.29, 1.82) is 0 Å². The Balaban J connectivity index is 2.16. The van der Waals surface area contributed by atoms with Crippen molar-refractivity contribution in [2.75, 3.05) is 39.9 Å². The topological polar surface area (TPSA) is 67.6 Å². The smallest absolute Gasteiger partial charge is 0.237 e. The quantitative estimate of drug-likeness (QED) is 0.559. The fourth-order valence-corrected chi connectivity index (χ4v) is 1.66. The summed E-state index contributed by atoms with van der Waals surface area (Å²) >= 11 is 0. The first kappa shape index (κ1) is 12.4. The number of nitrogens with one attached hydrogen (secondary N) is 1. The van der Waals surface area contributed by atoms with Crippen LogP contribution >= 0.6 is 0 Å². The second-order valence-corrected chi connectivity index (χ2v) is 4.02. The summed E-state index contributed by atoms with van der Waals surface area (Å²) in [6, 6.07) is -0.0512. The lowest BCUT2D eigenvalue weighted by Crippen LogP contribution is -2.57. The molecule has 1 unspecified atom stereocenters. The molecular weight excluding hydrogens is 194 g/mol. The maximum atomic E-state index is 11.6. The van der Waals surface area contributed by atoms with Crippen LogP contribution in [-0.2, 0) is 9.53 Å². The van der Waals surface area contributed by atoms with Crippen LogP contribution in [0.2, 0.25) is 0 Å². The van der Waals surface area contributed by atoms with E-state index in [4.69, 9.17) is 10.5 Å². The number of nitrogens with two attached hydrogens (primary N) is 1. The third-order valence-corrected chi connectivity index (χ3v) is 2.85. The molecule has 0 aliphatic carbocycles. The summed E-state index contributed by atoms with van der Waals surface area (Å²) in [7, 11) is 1.62. The zero-order valence-corrected chi connectivity index (χ0v) is 9.53. The summed E-state index contributed by atoms with van der Waals surface area (Å²) in [4.78, 5) is 13.7. The van der Waals surface area contributed by atoms with Gasteiger partial charge in [-0.25, -0.2) is 0 Å². The van der Waals surface area contributed by atoms with E-state index in [-0.39, 0.29) is 11.9 Å². The van der Waals surface area contributed by atoms with Crippen molar-refractivity contribution in [1.82, 2.24) is 10.2 Å². The van der Waals surface area contributed by atoms with E-state index in [0.29, 0.717) is 25.6 Å². The molecule has 3 N–H and O–H groups in total. The number of amides is 1. The first-order valence-electron chi connectivity index (χ1n) is 5.39. The molecule has 0 saturated carbocycles. The Kier molecular flexibility index (Phi) is 5.01.